The summed E-state index contributed by atoms with van der Waals surface area (Å²) in [4.78, 5) is 38.6. The quantitative estimate of drug-likeness (QED) is 0.479. The first-order chi connectivity index (χ1) is 15.2. The van der Waals surface area contributed by atoms with Crippen molar-refractivity contribution < 1.29 is 24.2 Å². The van der Waals surface area contributed by atoms with Crippen LogP contribution >= 0.6 is 27.7 Å². The van der Waals surface area contributed by atoms with Crippen LogP contribution in [0.2, 0.25) is 0 Å². The Morgan fingerprint density at radius 1 is 1.25 bits per heavy atom. The van der Waals surface area contributed by atoms with Crippen molar-refractivity contribution in [1.29, 1.82) is 0 Å². The number of carbonyl (C=O) groups is 3. The number of carbonyl (C=O) groups excluding carboxylic acids is 3. The number of thioether (sulfide) groups is 1. The van der Waals surface area contributed by atoms with Gasteiger partial charge in [0.2, 0.25) is 5.91 Å². The molecule has 0 bridgehead atoms. The number of phenols is 1. The number of phenolic OH excluding ortho intramolecular Hbond substituents is 1. The van der Waals surface area contributed by atoms with Crippen molar-refractivity contribution in [2.75, 3.05) is 18.5 Å². The Balaban J connectivity index is 1.71. The van der Waals surface area contributed by atoms with Crippen molar-refractivity contribution in [2.24, 2.45) is 0 Å². The van der Waals surface area contributed by atoms with Crippen LogP contribution in [0.3, 0.4) is 0 Å². The van der Waals surface area contributed by atoms with Crippen LogP contribution in [0.4, 0.5) is 10.5 Å². The van der Waals surface area contributed by atoms with E-state index >= 15 is 0 Å². The molecule has 0 aromatic heterocycles. The fraction of sp³-hybridized carbons (Fsp3) is 0.261. The fourth-order valence-electron chi connectivity index (χ4n) is 3.03. The van der Waals surface area contributed by atoms with E-state index in [1.807, 2.05) is 12.1 Å². The molecule has 0 atom stereocenters. The van der Waals surface area contributed by atoms with E-state index in [2.05, 4.69) is 35.1 Å². The van der Waals surface area contributed by atoms with Crippen LogP contribution in [0.5, 0.6) is 11.5 Å². The minimum absolute atomic E-state index is 0.0461. The number of benzene rings is 2. The molecule has 1 saturated heterocycles. The first kappa shape index (κ1) is 23.9. The molecule has 1 aliphatic rings. The molecule has 9 heteroatoms. The smallest absolute Gasteiger partial charge is 0.294 e. The van der Waals surface area contributed by atoms with E-state index in [1.54, 1.807) is 31.2 Å². The van der Waals surface area contributed by atoms with Gasteiger partial charge in [-0.2, -0.15) is 0 Å². The van der Waals surface area contributed by atoms with Crippen molar-refractivity contribution >= 4 is 56.5 Å². The highest BCUT2D eigenvalue weighted by Gasteiger charge is 2.36. The Kier molecular flexibility index (Phi) is 7.63. The van der Waals surface area contributed by atoms with E-state index in [1.165, 1.54) is 6.08 Å². The molecule has 3 rings (SSSR count). The molecule has 0 saturated carbocycles. The van der Waals surface area contributed by atoms with Gasteiger partial charge in [0.15, 0.2) is 11.5 Å². The van der Waals surface area contributed by atoms with Crippen LogP contribution in [0.1, 0.15) is 37.8 Å². The molecule has 2 N–H and O–H groups in total. The summed E-state index contributed by atoms with van der Waals surface area (Å²) in [6.45, 7) is 5.92. The summed E-state index contributed by atoms with van der Waals surface area (Å²) < 4.78 is 5.79. The second-order valence-corrected chi connectivity index (χ2v) is 9.22. The lowest BCUT2D eigenvalue weighted by Crippen LogP contribution is -2.36. The van der Waals surface area contributed by atoms with Gasteiger partial charge in [-0.15, -0.1) is 0 Å². The van der Waals surface area contributed by atoms with Gasteiger partial charge in [0.05, 0.1) is 16.0 Å². The molecule has 2 aromatic rings. The second-order valence-electron chi connectivity index (χ2n) is 7.38. The second kappa shape index (κ2) is 10.2. The predicted molar refractivity (Wildman–Crippen MR) is 129 cm³/mol. The van der Waals surface area contributed by atoms with E-state index in [0.29, 0.717) is 28.2 Å². The van der Waals surface area contributed by atoms with E-state index in [9.17, 15) is 19.5 Å². The molecule has 0 aliphatic carbocycles. The zero-order chi connectivity index (χ0) is 23.4. The Hall–Kier alpha value is -2.78. The van der Waals surface area contributed by atoms with Gasteiger partial charge >= 0.3 is 0 Å². The third kappa shape index (κ3) is 5.52. The third-order valence-electron chi connectivity index (χ3n) is 4.68. The summed E-state index contributed by atoms with van der Waals surface area (Å²) in [7, 11) is 0. The number of hydrogen-bond acceptors (Lipinski definition) is 6. The summed E-state index contributed by atoms with van der Waals surface area (Å²) in [5.74, 6) is -0.421. The highest BCUT2D eigenvalue weighted by Crippen LogP contribution is 2.38. The monoisotopic (exact) mass is 518 g/mol. The number of aromatic hydroxyl groups is 1. The normalized spacial score (nSPS) is 15.0. The van der Waals surface area contributed by atoms with Crippen LogP contribution in [0, 0.1) is 0 Å². The maximum atomic E-state index is 12.7. The molecule has 0 radical (unpaired) electrons. The maximum Gasteiger partial charge on any atom is 0.294 e. The van der Waals surface area contributed by atoms with Crippen molar-refractivity contribution in [1.82, 2.24) is 4.90 Å². The Bertz CT molecular complexity index is 1080. The Morgan fingerprint density at radius 3 is 2.56 bits per heavy atom. The average Bonchev–Trinajstić information content (AvgIpc) is 2.99. The number of hydrogen-bond donors (Lipinski definition) is 2. The summed E-state index contributed by atoms with van der Waals surface area (Å²) in [5.41, 5.74) is 2.31. The molecular formula is C23H23BrN2O5S. The van der Waals surface area contributed by atoms with Gasteiger partial charge in [-0.1, -0.05) is 26.0 Å². The molecule has 32 heavy (non-hydrogen) atoms. The fourth-order valence-corrected chi connectivity index (χ4v) is 4.32. The lowest BCUT2D eigenvalue weighted by molar-refractivity contribution is -0.127. The standard InChI is InChI=1S/C23H23BrN2O5S/c1-4-31-18-10-14(9-17(24)21(18)28)11-19-22(29)26(23(30)32-19)12-20(27)25-16-7-5-15(6-8-16)13(2)3/h5-11,13,28H,4,12H2,1-3H3,(H,25,27)/b19-11+. The molecule has 7 nitrogen and oxygen atoms in total. The molecule has 3 amide bonds. The molecule has 1 aliphatic heterocycles. The Labute approximate surface area is 199 Å². The van der Waals surface area contributed by atoms with E-state index in [0.717, 1.165) is 22.2 Å². The first-order valence-electron chi connectivity index (χ1n) is 10.00. The molecule has 0 spiro atoms. The lowest BCUT2D eigenvalue weighted by Gasteiger charge is -2.13. The highest BCUT2D eigenvalue weighted by molar-refractivity contribution is 9.10. The first-order valence-corrected chi connectivity index (χ1v) is 11.6. The number of halogens is 1. The number of amides is 3. The van der Waals surface area contributed by atoms with Gasteiger partial charge in [0.1, 0.15) is 6.54 Å². The summed E-state index contributed by atoms with van der Waals surface area (Å²) in [5, 5.41) is 12.2. The topological polar surface area (TPSA) is 95.9 Å². The van der Waals surface area contributed by atoms with Gasteiger partial charge in [0, 0.05) is 5.69 Å². The highest BCUT2D eigenvalue weighted by atomic mass is 79.9. The van der Waals surface area contributed by atoms with Crippen LogP contribution in [0.15, 0.2) is 45.8 Å². The number of nitrogens with one attached hydrogen (secondary N) is 1. The lowest BCUT2D eigenvalue weighted by atomic mass is 10.0. The SMILES string of the molecule is CCOc1cc(/C=C2/SC(=O)N(CC(=O)Nc3ccc(C(C)C)cc3)C2=O)cc(Br)c1O. The third-order valence-corrected chi connectivity index (χ3v) is 6.20. The van der Waals surface area contributed by atoms with E-state index in [-0.39, 0.29) is 22.9 Å². The van der Waals surface area contributed by atoms with Crippen molar-refractivity contribution in [3.05, 3.63) is 56.9 Å². The summed E-state index contributed by atoms with van der Waals surface area (Å²) in [6.07, 6.45) is 1.53. The van der Waals surface area contributed by atoms with Crippen LogP contribution in [-0.2, 0) is 9.59 Å². The Morgan fingerprint density at radius 2 is 1.94 bits per heavy atom. The number of ether oxygens (including phenoxy) is 1. The van der Waals surface area contributed by atoms with Crippen LogP contribution in [-0.4, -0.2) is 40.2 Å². The van der Waals surface area contributed by atoms with E-state index in [4.69, 9.17) is 4.74 Å². The van der Waals surface area contributed by atoms with Gasteiger partial charge in [0.25, 0.3) is 11.1 Å². The minimum atomic E-state index is -0.549. The zero-order valence-electron chi connectivity index (χ0n) is 17.8. The van der Waals surface area contributed by atoms with Gasteiger partial charge in [-0.3, -0.25) is 19.3 Å². The maximum absolute atomic E-state index is 12.7. The van der Waals surface area contributed by atoms with Crippen molar-refractivity contribution in [3.8, 4) is 11.5 Å². The minimum Gasteiger partial charge on any atom is -0.503 e. The molecule has 168 valence electrons. The van der Waals surface area contributed by atoms with Gasteiger partial charge in [-0.05, 0) is 82.0 Å². The number of rotatable bonds is 7. The predicted octanol–water partition coefficient (Wildman–Crippen LogP) is 5.35. The van der Waals surface area contributed by atoms with Crippen LogP contribution in [0.25, 0.3) is 6.08 Å². The summed E-state index contributed by atoms with van der Waals surface area (Å²) >= 11 is 4.01. The van der Waals surface area contributed by atoms with Crippen molar-refractivity contribution in [2.45, 2.75) is 26.7 Å². The van der Waals surface area contributed by atoms with Gasteiger partial charge < -0.3 is 15.2 Å². The van der Waals surface area contributed by atoms with E-state index < -0.39 is 17.1 Å². The van der Waals surface area contributed by atoms with Crippen molar-refractivity contribution in [3.63, 3.8) is 0 Å². The average molecular weight is 519 g/mol. The number of anilines is 1. The molecular weight excluding hydrogens is 496 g/mol. The molecule has 1 fully saturated rings. The molecule has 2 aromatic carbocycles. The number of imide groups is 1. The number of nitrogens with zero attached hydrogens (tertiary/aromatic N) is 1. The van der Waals surface area contributed by atoms with Gasteiger partial charge in [-0.25, -0.2) is 0 Å². The zero-order valence-corrected chi connectivity index (χ0v) is 20.2. The summed E-state index contributed by atoms with van der Waals surface area (Å²) in [6, 6.07) is 10.6. The largest absolute Gasteiger partial charge is 0.503 e. The molecule has 0 unspecified atom stereocenters. The molecule has 1 heterocycles. The van der Waals surface area contributed by atoms with Crippen LogP contribution < -0.4 is 10.1 Å².